The first-order valence-corrected chi connectivity index (χ1v) is 5.82. The predicted molar refractivity (Wildman–Crippen MR) is 70.2 cm³/mol. The minimum atomic E-state index is -1.20. The van der Waals surface area contributed by atoms with Crippen molar-refractivity contribution in [3.05, 3.63) is 59.9 Å². The van der Waals surface area contributed by atoms with E-state index in [-0.39, 0.29) is 11.4 Å². The average molecular weight is 272 g/mol. The van der Waals surface area contributed by atoms with Gasteiger partial charge in [-0.3, -0.25) is 4.79 Å². The highest BCUT2D eigenvalue weighted by atomic mass is 16.4. The second kappa shape index (κ2) is 5.83. The van der Waals surface area contributed by atoms with Gasteiger partial charge in [0.05, 0.1) is 0 Å². The molecule has 1 heterocycles. The fraction of sp³-hybridized carbons (Fsp3) is 0.0714. The van der Waals surface area contributed by atoms with Crippen LogP contribution >= 0.6 is 0 Å². The van der Waals surface area contributed by atoms with Crippen LogP contribution in [0.2, 0.25) is 0 Å². The minimum Gasteiger partial charge on any atom is -0.505 e. The molecule has 1 amide bonds. The summed E-state index contributed by atoms with van der Waals surface area (Å²) in [6.45, 7) is 0. The summed E-state index contributed by atoms with van der Waals surface area (Å²) < 4.78 is 0. The fourth-order valence-electron chi connectivity index (χ4n) is 1.70. The molecule has 20 heavy (non-hydrogen) atoms. The van der Waals surface area contributed by atoms with E-state index >= 15 is 0 Å². The molecule has 0 radical (unpaired) electrons. The Bertz CT molecular complexity index is 628. The summed E-state index contributed by atoms with van der Waals surface area (Å²) in [4.78, 5) is 26.9. The first-order chi connectivity index (χ1) is 9.59. The molecule has 2 aromatic rings. The number of carboxylic acids is 1. The van der Waals surface area contributed by atoms with Gasteiger partial charge < -0.3 is 15.5 Å². The number of benzene rings is 1. The Labute approximate surface area is 114 Å². The third kappa shape index (κ3) is 2.92. The van der Waals surface area contributed by atoms with Crippen molar-refractivity contribution in [1.29, 1.82) is 0 Å². The van der Waals surface area contributed by atoms with Crippen LogP contribution in [-0.2, 0) is 4.79 Å². The van der Waals surface area contributed by atoms with Gasteiger partial charge in [0, 0.05) is 6.20 Å². The lowest BCUT2D eigenvalue weighted by molar-refractivity contribution is -0.139. The normalized spacial score (nSPS) is 11.6. The third-order valence-corrected chi connectivity index (χ3v) is 2.66. The van der Waals surface area contributed by atoms with Gasteiger partial charge in [-0.15, -0.1) is 0 Å². The Morgan fingerprint density at radius 3 is 2.40 bits per heavy atom. The molecule has 0 aliphatic rings. The maximum atomic E-state index is 12.0. The number of hydrogen-bond acceptors (Lipinski definition) is 4. The highest BCUT2D eigenvalue weighted by Crippen LogP contribution is 2.16. The molecular weight excluding hydrogens is 260 g/mol. The molecule has 0 aliphatic heterocycles. The number of nitrogens with zero attached hydrogens (tertiary/aromatic N) is 1. The van der Waals surface area contributed by atoms with E-state index in [0.29, 0.717) is 5.56 Å². The number of rotatable bonds is 4. The Morgan fingerprint density at radius 2 is 1.80 bits per heavy atom. The molecule has 0 saturated heterocycles. The number of carbonyl (C=O) groups is 2. The summed E-state index contributed by atoms with van der Waals surface area (Å²) in [6, 6.07) is 9.86. The molecule has 6 heteroatoms. The van der Waals surface area contributed by atoms with E-state index in [0.717, 1.165) is 0 Å². The van der Waals surface area contributed by atoms with Crippen molar-refractivity contribution >= 4 is 11.9 Å². The molecule has 3 N–H and O–H groups in total. The van der Waals surface area contributed by atoms with Crippen molar-refractivity contribution in [2.75, 3.05) is 0 Å². The lowest BCUT2D eigenvalue weighted by Gasteiger charge is -2.14. The van der Waals surface area contributed by atoms with E-state index in [1.165, 1.54) is 18.3 Å². The summed E-state index contributed by atoms with van der Waals surface area (Å²) in [5.41, 5.74) is 0.221. The van der Waals surface area contributed by atoms with Crippen LogP contribution in [0.15, 0.2) is 48.7 Å². The van der Waals surface area contributed by atoms with E-state index in [1.54, 1.807) is 30.3 Å². The van der Waals surface area contributed by atoms with E-state index in [9.17, 15) is 19.8 Å². The van der Waals surface area contributed by atoms with Crippen molar-refractivity contribution < 1.29 is 19.8 Å². The Hall–Kier alpha value is -2.89. The van der Waals surface area contributed by atoms with E-state index in [1.807, 2.05) is 0 Å². The molecule has 1 aromatic carbocycles. The third-order valence-electron chi connectivity index (χ3n) is 2.66. The molecule has 1 unspecified atom stereocenters. The summed E-state index contributed by atoms with van der Waals surface area (Å²) in [5.74, 6) is -2.25. The number of carbonyl (C=O) groups excluding carboxylic acids is 1. The van der Waals surface area contributed by atoms with Crippen molar-refractivity contribution in [3.63, 3.8) is 0 Å². The molecule has 0 fully saturated rings. The summed E-state index contributed by atoms with van der Waals surface area (Å²) in [7, 11) is 0. The van der Waals surface area contributed by atoms with Crippen LogP contribution in [0.3, 0.4) is 0 Å². The Kier molecular flexibility index (Phi) is 3.95. The number of pyridine rings is 1. The van der Waals surface area contributed by atoms with Crippen LogP contribution in [0.5, 0.6) is 5.75 Å². The van der Waals surface area contributed by atoms with E-state index in [2.05, 4.69) is 10.3 Å². The molecular formula is C14H12N2O4. The minimum absolute atomic E-state index is 0.213. The zero-order chi connectivity index (χ0) is 14.5. The van der Waals surface area contributed by atoms with Crippen molar-refractivity contribution in [3.8, 4) is 5.75 Å². The van der Waals surface area contributed by atoms with Gasteiger partial charge in [-0.1, -0.05) is 30.3 Å². The van der Waals surface area contributed by atoms with Crippen LogP contribution in [0.25, 0.3) is 0 Å². The molecule has 2 rings (SSSR count). The fourth-order valence-corrected chi connectivity index (χ4v) is 1.70. The van der Waals surface area contributed by atoms with Gasteiger partial charge in [0.1, 0.15) is 5.75 Å². The second-order valence-corrected chi connectivity index (χ2v) is 4.03. The quantitative estimate of drug-likeness (QED) is 0.780. The first-order valence-electron chi connectivity index (χ1n) is 5.82. The molecule has 0 spiro atoms. The topological polar surface area (TPSA) is 99.5 Å². The van der Waals surface area contributed by atoms with Gasteiger partial charge >= 0.3 is 5.97 Å². The van der Waals surface area contributed by atoms with Gasteiger partial charge in [-0.25, -0.2) is 9.78 Å². The SMILES string of the molecule is O=C(NC(C(=O)O)c1ccccc1)c1ncccc1O. The monoisotopic (exact) mass is 272 g/mol. The molecule has 1 atom stereocenters. The largest absolute Gasteiger partial charge is 0.505 e. The molecule has 0 saturated carbocycles. The molecule has 1 aromatic heterocycles. The van der Waals surface area contributed by atoms with E-state index in [4.69, 9.17) is 0 Å². The van der Waals surface area contributed by atoms with Crippen molar-refractivity contribution in [2.24, 2.45) is 0 Å². The summed E-state index contributed by atoms with van der Waals surface area (Å²) in [5, 5.41) is 21.1. The van der Waals surface area contributed by atoms with Gasteiger partial charge in [-0.05, 0) is 17.7 Å². The first kappa shape index (κ1) is 13.5. The van der Waals surface area contributed by atoms with Gasteiger partial charge in [-0.2, -0.15) is 0 Å². The number of aromatic nitrogens is 1. The molecule has 6 nitrogen and oxygen atoms in total. The average Bonchev–Trinajstić information content (AvgIpc) is 2.45. The maximum Gasteiger partial charge on any atom is 0.330 e. The van der Waals surface area contributed by atoms with Crippen LogP contribution in [-0.4, -0.2) is 27.1 Å². The number of carboxylic acid groups (broad SMARTS) is 1. The molecule has 0 bridgehead atoms. The number of aliphatic carboxylic acids is 1. The van der Waals surface area contributed by atoms with Crippen LogP contribution in [0.4, 0.5) is 0 Å². The number of aromatic hydroxyl groups is 1. The smallest absolute Gasteiger partial charge is 0.330 e. The standard InChI is InChI=1S/C14H12N2O4/c17-10-7-4-8-15-12(10)13(18)16-11(14(19)20)9-5-2-1-3-6-9/h1-8,11,17H,(H,16,18)(H,19,20). The van der Waals surface area contributed by atoms with Gasteiger partial charge in [0.25, 0.3) is 5.91 Å². The predicted octanol–water partition coefficient (Wildman–Crippen LogP) is 1.34. The van der Waals surface area contributed by atoms with Gasteiger partial charge in [0.2, 0.25) is 0 Å². The van der Waals surface area contributed by atoms with E-state index < -0.39 is 17.9 Å². The van der Waals surface area contributed by atoms with Crippen molar-refractivity contribution in [2.45, 2.75) is 6.04 Å². The second-order valence-electron chi connectivity index (χ2n) is 4.03. The van der Waals surface area contributed by atoms with Gasteiger partial charge in [0.15, 0.2) is 11.7 Å². The molecule has 0 aliphatic carbocycles. The summed E-state index contributed by atoms with van der Waals surface area (Å²) >= 11 is 0. The highest BCUT2D eigenvalue weighted by molar-refractivity contribution is 5.97. The number of hydrogen-bond donors (Lipinski definition) is 3. The van der Waals surface area contributed by atoms with Crippen molar-refractivity contribution in [1.82, 2.24) is 10.3 Å². The van der Waals surface area contributed by atoms with Crippen LogP contribution in [0, 0.1) is 0 Å². The zero-order valence-corrected chi connectivity index (χ0v) is 10.4. The lowest BCUT2D eigenvalue weighted by atomic mass is 10.1. The Morgan fingerprint density at radius 1 is 1.10 bits per heavy atom. The number of nitrogens with one attached hydrogen (secondary N) is 1. The van der Waals surface area contributed by atoms with Crippen LogP contribution < -0.4 is 5.32 Å². The van der Waals surface area contributed by atoms with Crippen LogP contribution in [0.1, 0.15) is 22.1 Å². The maximum absolute atomic E-state index is 12.0. The summed E-state index contributed by atoms with van der Waals surface area (Å²) in [6.07, 6.45) is 1.34. The zero-order valence-electron chi connectivity index (χ0n) is 10.4. The number of amides is 1. The molecule has 102 valence electrons. The highest BCUT2D eigenvalue weighted by Gasteiger charge is 2.24. The lowest BCUT2D eigenvalue weighted by Crippen LogP contribution is -2.34. The Balaban J connectivity index is 2.24.